The second-order valence-electron chi connectivity index (χ2n) is 7.02. The fourth-order valence-corrected chi connectivity index (χ4v) is 3.03. The van der Waals surface area contributed by atoms with E-state index in [0.29, 0.717) is 26.2 Å². The molecule has 0 aromatic heterocycles. The van der Waals surface area contributed by atoms with E-state index in [1.807, 2.05) is 25.7 Å². The van der Waals surface area contributed by atoms with Gasteiger partial charge in [0, 0.05) is 39.3 Å². The second-order valence-corrected chi connectivity index (χ2v) is 7.02. The van der Waals surface area contributed by atoms with Crippen molar-refractivity contribution >= 4 is 5.91 Å². The normalized spacial score (nSPS) is 25.5. The highest BCUT2D eigenvalue weighted by molar-refractivity contribution is 5.80. The Bertz CT molecular complexity index is 356. The zero-order valence-electron chi connectivity index (χ0n) is 14.1. The molecule has 0 aromatic rings. The van der Waals surface area contributed by atoms with E-state index in [1.165, 1.54) is 0 Å². The van der Waals surface area contributed by atoms with Crippen LogP contribution in [0.15, 0.2) is 0 Å². The molecule has 2 aliphatic rings. The Labute approximate surface area is 133 Å². The summed E-state index contributed by atoms with van der Waals surface area (Å²) in [5.41, 5.74) is -0.691. The molecular formula is C16H30N2O4. The van der Waals surface area contributed by atoms with E-state index in [4.69, 9.17) is 9.47 Å². The standard InChI is InChI=1S/C16H30N2O4/c1-13(22-11-14-5-4-10-21-14)15(19)18-8-6-17(7-9-18)12-16(2,3)20/h13-14,20H,4-12H2,1-3H3/t13-,14+/m1/s1. The van der Waals surface area contributed by atoms with Gasteiger partial charge >= 0.3 is 0 Å². The molecule has 22 heavy (non-hydrogen) atoms. The van der Waals surface area contributed by atoms with Crippen LogP contribution in [0.1, 0.15) is 33.6 Å². The number of ether oxygens (including phenoxy) is 2. The first-order valence-electron chi connectivity index (χ1n) is 8.32. The van der Waals surface area contributed by atoms with Crippen LogP contribution >= 0.6 is 0 Å². The highest BCUT2D eigenvalue weighted by atomic mass is 16.5. The highest BCUT2D eigenvalue weighted by Crippen LogP contribution is 2.14. The number of carbonyl (C=O) groups is 1. The number of β-amino-alcohol motifs (C(OH)–C–C–N with tert-alkyl or cyclic N) is 1. The minimum atomic E-state index is -0.691. The molecule has 1 N–H and O–H groups in total. The van der Waals surface area contributed by atoms with Crippen molar-refractivity contribution in [3.8, 4) is 0 Å². The lowest BCUT2D eigenvalue weighted by molar-refractivity contribution is -0.146. The molecule has 0 bridgehead atoms. The molecule has 6 nitrogen and oxygen atoms in total. The van der Waals surface area contributed by atoms with Crippen molar-refractivity contribution in [3.63, 3.8) is 0 Å². The number of rotatable bonds is 6. The summed E-state index contributed by atoms with van der Waals surface area (Å²) in [7, 11) is 0. The minimum absolute atomic E-state index is 0.0564. The van der Waals surface area contributed by atoms with Crippen molar-refractivity contribution in [3.05, 3.63) is 0 Å². The highest BCUT2D eigenvalue weighted by Gasteiger charge is 2.28. The molecular weight excluding hydrogens is 284 g/mol. The average molecular weight is 314 g/mol. The Morgan fingerprint density at radius 3 is 2.59 bits per heavy atom. The summed E-state index contributed by atoms with van der Waals surface area (Å²) in [5, 5.41) is 9.85. The van der Waals surface area contributed by atoms with E-state index >= 15 is 0 Å². The number of hydrogen-bond acceptors (Lipinski definition) is 5. The van der Waals surface area contributed by atoms with Crippen molar-refractivity contribution in [2.75, 3.05) is 45.9 Å². The fourth-order valence-electron chi connectivity index (χ4n) is 3.03. The summed E-state index contributed by atoms with van der Waals surface area (Å²) in [6.45, 7) is 10.4. The predicted octanol–water partition coefficient (Wildman–Crippen LogP) is 0.486. The third-order valence-electron chi connectivity index (χ3n) is 4.20. The maximum atomic E-state index is 12.4. The van der Waals surface area contributed by atoms with Gasteiger partial charge in [-0.25, -0.2) is 0 Å². The molecule has 0 saturated carbocycles. The SMILES string of the molecule is C[C@@H](OC[C@@H]1CCCO1)C(=O)N1CCN(CC(C)(C)O)CC1. The number of carbonyl (C=O) groups excluding carboxylic acids is 1. The molecule has 2 saturated heterocycles. The van der Waals surface area contributed by atoms with Gasteiger partial charge in [-0.05, 0) is 33.6 Å². The molecule has 0 aliphatic carbocycles. The first kappa shape index (κ1) is 17.7. The van der Waals surface area contributed by atoms with Gasteiger partial charge in [-0.3, -0.25) is 9.69 Å². The van der Waals surface area contributed by atoms with Crippen LogP contribution in [0.25, 0.3) is 0 Å². The van der Waals surface area contributed by atoms with Crippen LogP contribution in [0.5, 0.6) is 0 Å². The van der Waals surface area contributed by atoms with Crippen LogP contribution < -0.4 is 0 Å². The molecule has 1 amide bonds. The van der Waals surface area contributed by atoms with Crippen LogP contribution in [0.4, 0.5) is 0 Å². The molecule has 0 unspecified atom stereocenters. The molecule has 2 fully saturated rings. The van der Waals surface area contributed by atoms with Crippen molar-refractivity contribution in [2.24, 2.45) is 0 Å². The Kier molecular flexibility index (Phi) is 6.20. The van der Waals surface area contributed by atoms with E-state index in [9.17, 15) is 9.90 Å². The molecule has 0 aromatic carbocycles. The number of piperazine rings is 1. The van der Waals surface area contributed by atoms with E-state index in [-0.39, 0.29) is 12.0 Å². The van der Waals surface area contributed by atoms with Crippen molar-refractivity contribution < 1.29 is 19.4 Å². The lowest BCUT2D eigenvalue weighted by atomic mass is 10.1. The summed E-state index contributed by atoms with van der Waals surface area (Å²) in [5.74, 6) is 0.0564. The fraction of sp³-hybridized carbons (Fsp3) is 0.938. The van der Waals surface area contributed by atoms with Gasteiger partial charge in [0.05, 0.1) is 18.3 Å². The van der Waals surface area contributed by atoms with E-state index in [2.05, 4.69) is 4.90 Å². The topological polar surface area (TPSA) is 62.2 Å². The lowest BCUT2D eigenvalue weighted by Gasteiger charge is -2.38. The van der Waals surface area contributed by atoms with Gasteiger partial charge in [0.25, 0.3) is 5.91 Å². The molecule has 2 aliphatic heterocycles. The maximum Gasteiger partial charge on any atom is 0.251 e. The lowest BCUT2D eigenvalue weighted by Crippen LogP contribution is -2.53. The number of nitrogens with zero attached hydrogens (tertiary/aromatic N) is 2. The molecule has 2 heterocycles. The molecule has 6 heteroatoms. The monoisotopic (exact) mass is 314 g/mol. The third-order valence-corrected chi connectivity index (χ3v) is 4.20. The first-order valence-corrected chi connectivity index (χ1v) is 8.32. The van der Waals surface area contributed by atoms with E-state index in [0.717, 1.165) is 32.5 Å². The summed E-state index contributed by atoms with van der Waals surface area (Å²) >= 11 is 0. The largest absolute Gasteiger partial charge is 0.389 e. The smallest absolute Gasteiger partial charge is 0.251 e. The van der Waals surface area contributed by atoms with Crippen molar-refractivity contribution in [1.82, 2.24) is 9.80 Å². The quantitative estimate of drug-likeness (QED) is 0.773. The van der Waals surface area contributed by atoms with Crippen LogP contribution in [-0.2, 0) is 14.3 Å². The van der Waals surface area contributed by atoms with Gasteiger partial charge in [-0.1, -0.05) is 0 Å². The first-order chi connectivity index (χ1) is 10.3. The second kappa shape index (κ2) is 7.73. The summed E-state index contributed by atoms with van der Waals surface area (Å²) in [6, 6.07) is 0. The van der Waals surface area contributed by atoms with Crippen molar-refractivity contribution in [2.45, 2.75) is 51.4 Å². The van der Waals surface area contributed by atoms with Gasteiger partial charge < -0.3 is 19.5 Å². The van der Waals surface area contributed by atoms with Gasteiger partial charge in [0.2, 0.25) is 0 Å². The maximum absolute atomic E-state index is 12.4. The molecule has 2 rings (SSSR count). The van der Waals surface area contributed by atoms with Gasteiger partial charge in [-0.2, -0.15) is 0 Å². The van der Waals surface area contributed by atoms with Gasteiger partial charge in [-0.15, -0.1) is 0 Å². The van der Waals surface area contributed by atoms with Crippen LogP contribution in [-0.4, -0.2) is 84.6 Å². The van der Waals surface area contributed by atoms with E-state index in [1.54, 1.807) is 0 Å². The molecule has 0 radical (unpaired) electrons. The molecule has 128 valence electrons. The van der Waals surface area contributed by atoms with Gasteiger partial charge in [0.15, 0.2) is 0 Å². The van der Waals surface area contributed by atoms with Crippen LogP contribution in [0, 0.1) is 0 Å². The number of amides is 1. The minimum Gasteiger partial charge on any atom is -0.389 e. The van der Waals surface area contributed by atoms with Gasteiger partial charge in [0.1, 0.15) is 6.10 Å². The van der Waals surface area contributed by atoms with Crippen LogP contribution in [0.2, 0.25) is 0 Å². The predicted molar refractivity (Wildman–Crippen MR) is 83.7 cm³/mol. The Morgan fingerprint density at radius 2 is 2.05 bits per heavy atom. The zero-order valence-corrected chi connectivity index (χ0v) is 14.1. The zero-order chi connectivity index (χ0) is 16.2. The Hall–Kier alpha value is -0.690. The van der Waals surface area contributed by atoms with Crippen LogP contribution in [0.3, 0.4) is 0 Å². The summed E-state index contributed by atoms with van der Waals surface area (Å²) in [6.07, 6.45) is 1.85. The summed E-state index contributed by atoms with van der Waals surface area (Å²) in [4.78, 5) is 16.4. The Morgan fingerprint density at radius 1 is 1.36 bits per heavy atom. The summed E-state index contributed by atoms with van der Waals surface area (Å²) < 4.78 is 11.2. The molecule has 2 atom stereocenters. The third kappa shape index (κ3) is 5.50. The Balaban J connectivity index is 1.69. The average Bonchev–Trinajstić information content (AvgIpc) is 2.96. The van der Waals surface area contributed by atoms with Crippen molar-refractivity contribution in [1.29, 1.82) is 0 Å². The van der Waals surface area contributed by atoms with E-state index < -0.39 is 11.7 Å². The number of hydrogen-bond donors (Lipinski definition) is 1. The molecule has 0 spiro atoms. The number of aliphatic hydroxyl groups is 1.